The van der Waals surface area contributed by atoms with Crippen LogP contribution < -0.4 is 0 Å². The minimum Gasteiger partial charge on any atom is -0.508 e. The highest BCUT2D eigenvalue weighted by Crippen LogP contribution is 2.25. The highest BCUT2D eigenvalue weighted by atomic mass is 16.5. The van der Waals surface area contributed by atoms with Crippen molar-refractivity contribution in [3.63, 3.8) is 0 Å². The Morgan fingerprint density at radius 1 is 1.42 bits per heavy atom. The molecule has 4 nitrogen and oxygen atoms in total. The van der Waals surface area contributed by atoms with Crippen molar-refractivity contribution in [1.29, 1.82) is 0 Å². The summed E-state index contributed by atoms with van der Waals surface area (Å²) in [5, 5.41) is 9.24. The van der Waals surface area contributed by atoms with Gasteiger partial charge in [0.1, 0.15) is 5.75 Å². The maximum atomic E-state index is 12.4. The van der Waals surface area contributed by atoms with E-state index in [0.29, 0.717) is 13.2 Å². The van der Waals surface area contributed by atoms with Gasteiger partial charge in [-0.05, 0) is 30.5 Å². The largest absolute Gasteiger partial charge is 0.508 e. The summed E-state index contributed by atoms with van der Waals surface area (Å²) in [5.41, 5.74) is 1.01. The van der Waals surface area contributed by atoms with Gasteiger partial charge in [-0.25, -0.2) is 0 Å². The van der Waals surface area contributed by atoms with Crippen molar-refractivity contribution < 1.29 is 14.6 Å². The number of rotatable bonds is 4. The third kappa shape index (κ3) is 3.26. The summed E-state index contributed by atoms with van der Waals surface area (Å²) in [5.74, 6) is 0.387. The van der Waals surface area contributed by atoms with E-state index >= 15 is 0 Å². The normalized spacial score (nSPS) is 22.4. The van der Waals surface area contributed by atoms with Crippen LogP contribution in [-0.2, 0) is 16.1 Å². The van der Waals surface area contributed by atoms with Crippen LogP contribution in [0, 0.1) is 5.92 Å². The van der Waals surface area contributed by atoms with Gasteiger partial charge in [0.15, 0.2) is 0 Å². The van der Waals surface area contributed by atoms with Crippen LogP contribution in [0.1, 0.15) is 25.3 Å². The van der Waals surface area contributed by atoms with Gasteiger partial charge in [-0.3, -0.25) is 4.79 Å². The number of ether oxygens (including phenoxy) is 1. The molecular weight excluding hydrogens is 242 g/mol. The van der Waals surface area contributed by atoms with Crippen LogP contribution in [0.3, 0.4) is 0 Å². The molecule has 0 bridgehead atoms. The smallest absolute Gasteiger partial charge is 0.228 e. The van der Waals surface area contributed by atoms with E-state index in [2.05, 4.69) is 6.92 Å². The number of phenols is 1. The van der Waals surface area contributed by atoms with Gasteiger partial charge < -0.3 is 14.7 Å². The van der Waals surface area contributed by atoms with Gasteiger partial charge in [0.25, 0.3) is 0 Å². The fraction of sp³-hybridized carbons (Fsp3) is 0.533. The van der Waals surface area contributed by atoms with Crippen molar-refractivity contribution in [3.8, 4) is 5.75 Å². The predicted octanol–water partition coefficient (Wildman–Crippen LogP) is 2.17. The first-order chi connectivity index (χ1) is 9.11. The molecule has 1 aliphatic rings. The van der Waals surface area contributed by atoms with Crippen LogP contribution in [0.2, 0.25) is 0 Å². The molecule has 0 saturated carbocycles. The molecule has 0 aliphatic carbocycles. The Morgan fingerprint density at radius 3 is 2.74 bits per heavy atom. The predicted molar refractivity (Wildman–Crippen MR) is 72.7 cm³/mol. The molecule has 2 rings (SSSR count). The van der Waals surface area contributed by atoms with Gasteiger partial charge in [0.05, 0.1) is 12.0 Å². The van der Waals surface area contributed by atoms with E-state index in [0.717, 1.165) is 18.4 Å². The average Bonchev–Trinajstić information content (AvgIpc) is 2.88. The molecule has 0 aromatic heterocycles. The summed E-state index contributed by atoms with van der Waals surface area (Å²) >= 11 is 0. The number of nitrogens with zero attached hydrogens (tertiary/aromatic N) is 1. The van der Waals surface area contributed by atoms with E-state index in [4.69, 9.17) is 4.74 Å². The highest BCUT2D eigenvalue weighted by molar-refractivity contribution is 5.79. The van der Waals surface area contributed by atoms with Gasteiger partial charge in [0, 0.05) is 20.2 Å². The van der Waals surface area contributed by atoms with Gasteiger partial charge in [-0.2, -0.15) is 0 Å². The molecule has 1 aliphatic heterocycles. The SMILES string of the molecule is CCC1OCCC1C(=O)N(C)Cc1ccc(O)cc1. The number of carbonyl (C=O) groups excluding carboxylic acids is 1. The number of phenolic OH excluding ortho intramolecular Hbond substituents is 1. The van der Waals surface area contributed by atoms with Gasteiger partial charge in [0.2, 0.25) is 5.91 Å². The van der Waals surface area contributed by atoms with E-state index in [9.17, 15) is 9.90 Å². The minimum atomic E-state index is -0.00730. The monoisotopic (exact) mass is 263 g/mol. The first-order valence-corrected chi connectivity index (χ1v) is 6.76. The van der Waals surface area contributed by atoms with Crippen LogP contribution in [0.15, 0.2) is 24.3 Å². The fourth-order valence-electron chi connectivity index (χ4n) is 2.57. The van der Waals surface area contributed by atoms with E-state index in [1.54, 1.807) is 17.0 Å². The Kier molecular flexibility index (Phi) is 4.43. The zero-order valence-corrected chi connectivity index (χ0v) is 11.5. The number of aromatic hydroxyl groups is 1. The molecule has 1 fully saturated rings. The van der Waals surface area contributed by atoms with Crippen molar-refractivity contribution in [2.75, 3.05) is 13.7 Å². The molecule has 104 valence electrons. The van der Waals surface area contributed by atoms with Gasteiger partial charge in [-0.15, -0.1) is 0 Å². The van der Waals surface area contributed by atoms with Crippen molar-refractivity contribution in [3.05, 3.63) is 29.8 Å². The van der Waals surface area contributed by atoms with Crippen molar-refractivity contribution in [1.82, 2.24) is 4.90 Å². The Balaban J connectivity index is 1.97. The number of benzene rings is 1. The molecule has 1 amide bonds. The molecule has 1 aromatic rings. The molecule has 1 saturated heterocycles. The van der Waals surface area contributed by atoms with Crippen LogP contribution >= 0.6 is 0 Å². The number of hydrogen-bond donors (Lipinski definition) is 1. The van der Waals surface area contributed by atoms with Gasteiger partial charge in [-0.1, -0.05) is 19.1 Å². The van der Waals surface area contributed by atoms with Crippen LogP contribution in [0.25, 0.3) is 0 Å². The second kappa shape index (κ2) is 6.06. The van der Waals surface area contributed by atoms with Crippen LogP contribution in [-0.4, -0.2) is 35.7 Å². The summed E-state index contributed by atoms with van der Waals surface area (Å²) in [4.78, 5) is 14.1. The Bertz CT molecular complexity index is 430. The lowest BCUT2D eigenvalue weighted by molar-refractivity contribution is -0.136. The number of hydrogen-bond acceptors (Lipinski definition) is 3. The molecule has 1 aromatic carbocycles. The maximum Gasteiger partial charge on any atom is 0.228 e. The fourth-order valence-corrected chi connectivity index (χ4v) is 2.57. The molecule has 2 unspecified atom stereocenters. The molecular formula is C15H21NO3. The maximum absolute atomic E-state index is 12.4. The first-order valence-electron chi connectivity index (χ1n) is 6.76. The highest BCUT2D eigenvalue weighted by Gasteiger charge is 2.34. The third-order valence-corrected chi connectivity index (χ3v) is 3.66. The van der Waals surface area contributed by atoms with Crippen LogP contribution in [0.4, 0.5) is 0 Å². The molecule has 2 atom stereocenters. The van der Waals surface area contributed by atoms with Crippen molar-refractivity contribution in [2.24, 2.45) is 5.92 Å². The molecule has 4 heteroatoms. The average molecular weight is 263 g/mol. The lowest BCUT2D eigenvalue weighted by Gasteiger charge is -2.23. The number of carbonyl (C=O) groups is 1. The molecule has 0 spiro atoms. The zero-order valence-electron chi connectivity index (χ0n) is 11.5. The summed E-state index contributed by atoms with van der Waals surface area (Å²) in [6, 6.07) is 6.95. The van der Waals surface area contributed by atoms with E-state index in [1.807, 2.05) is 19.2 Å². The first kappa shape index (κ1) is 13.9. The topological polar surface area (TPSA) is 49.8 Å². The second-order valence-electron chi connectivity index (χ2n) is 5.07. The second-order valence-corrected chi connectivity index (χ2v) is 5.07. The Morgan fingerprint density at radius 2 is 2.11 bits per heavy atom. The van der Waals surface area contributed by atoms with E-state index in [-0.39, 0.29) is 23.7 Å². The Labute approximate surface area is 114 Å². The van der Waals surface area contributed by atoms with Crippen LogP contribution in [0.5, 0.6) is 5.75 Å². The molecule has 1 heterocycles. The summed E-state index contributed by atoms with van der Waals surface area (Å²) in [7, 11) is 1.82. The quantitative estimate of drug-likeness (QED) is 0.905. The zero-order chi connectivity index (χ0) is 13.8. The summed E-state index contributed by atoms with van der Waals surface area (Å²) in [6.45, 7) is 3.30. The summed E-state index contributed by atoms with van der Waals surface area (Å²) in [6.07, 6.45) is 1.76. The standard InChI is InChI=1S/C15H21NO3/c1-3-14-13(8-9-19-14)15(18)16(2)10-11-4-6-12(17)7-5-11/h4-7,13-14,17H,3,8-10H2,1-2H3. The van der Waals surface area contributed by atoms with E-state index in [1.165, 1.54) is 0 Å². The lowest BCUT2D eigenvalue weighted by atomic mass is 9.98. The lowest BCUT2D eigenvalue weighted by Crippen LogP contribution is -2.36. The third-order valence-electron chi connectivity index (χ3n) is 3.66. The van der Waals surface area contributed by atoms with Gasteiger partial charge >= 0.3 is 0 Å². The number of amides is 1. The van der Waals surface area contributed by atoms with Crippen molar-refractivity contribution in [2.45, 2.75) is 32.4 Å². The Hall–Kier alpha value is -1.55. The molecule has 0 radical (unpaired) electrons. The van der Waals surface area contributed by atoms with Crippen molar-refractivity contribution >= 4 is 5.91 Å². The molecule has 19 heavy (non-hydrogen) atoms. The summed E-state index contributed by atoms with van der Waals surface area (Å²) < 4.78 is 5.57. The van der Waals surface area contributed by atoms with E-state index < -0.39 is 0 Å². The minimum absolute atomic E-state index is 0.00730. The molecule has 1 N–H and O–H groups in total.